The number of thioether (sulfide) groups is 1. The zero-order valence-electron chi connectivity index (χ0n) is 17.9. The maximum atomic E-state index is 13.3. The molecule has 1 aliphatic carbocycles. The van der Waals surface area contributed by atoms with Crippen LogP contribution in [0.5, 0.6) is 0 Å². The van der Waals surface area contributed by atoms with Gasteiger partial charge in [0.2, 0.25) is 0 Å². The van der Waals surface area contributed by atoms with Crippen molar-refractivity contribution < 1.29 is 4.79 Å². The number of carbonyl (C=O) groups excluding carboxylic acids is 1. The monoisotopic (exact) mass is 497 g/mol. The number of allylic oxidation sites excluding steroid dienone is 2. The lowest BCUT2D eigenvalue weighted by atomic mass is 9.76. The Hall–Kier alpha value is -2.54. The number of nitrogens with one attached hydrogen (secondary N) is 2. The molecule has 0 unspecified atom stereocenters. The van der Waals surface area contributed by atoms with Crippen molar-refractivity contribution in [2.24, 2.45) is 0 Å². The van der Waals surface area contributed by atoms with Gasteiger partial charge < -0.3 is 10.3 Å². The average molecular weight is 498 g/mol. The Bertz CT molecular complexity index is 1350. The first-order chi connectivity index (χ1) is 15.9. The Balaban J connectivity index is 1.56. The van der Waals surface area contributed by atoms with E-state index in [0.717, 1.165) is 29.7 Å². The van der Waals surface area contributed by atoms with E-state index >= 15 is 0 Å². The Morgan fingerprint density at radius 2 is 1.85 bits per heavy atom. The summed E-state index contributed by atoms with van der Waals surface area (Å²) in [5.41, 5.74) is 4.73. The lowest BCUT2D eigenvalue weighted by Gasteiger charge is -2.32. The molecule has 1 aromatic heterocycles. The van der Waals surface area contributed by atoms with Gasteiger partial charge in [-0.1, -0.05) is 70.9 Å². The van der Waals surface area contributed by atoms with Crippen LogP contribution in [0.4, 0.5) is 5.82 Å². The second-order valence-corrected chi connectivity index (χ2v) is 10.1. The smallest absolute Gasteiger partial charge is 0.257 e. The number of fused-ring (bicyclic) bond motifs is 1. The summed E-state index contributed by atoms with van der Waals surface area (Å²) >= 11 is 13.9. The van der Waals surface area contributed by atoms with Crippen molar-refractivity contribution in [2.75, 3.05) is 5.32 Å². The van der Waals surface area contributed by atoms with Gasteiger partial charge in [0.25, 0.3) is 5.56 Å². The van der Waals surface area contributed by atoms with Crippen LogP contribution < -0.4 is 10.9 Å². The van der Waals surface area contributed by atoms with Crippen molar-refractivity contribution in [1.29, 1.82) is 0 Å². The summed E-state index contributed by atoms with van der Waals surface area (Å²) in [7, 11) is 0. The van der Waals surface area contributed by atoms with Gasteiger partial charge in [0, 0.05) is 29.4 Å². The number of Topliss-reactive ketones (excluding diaryl/α,β-unsaturated/α-hetero) is 1. The first-order valence-electron chi connectivity index (χ1n) is 10.7. The molecule has 0 bridgehead atoms. The largest absolute Gasteiger partial charge is 0.343 e. The minimum atomic E-state index is -0.536. The number of hydrogen-bond donors (Lipinski definition) is 2. The molecule has 33 heavy (non-hydrogen) atoms. The van der Waals surface area contributed by atoms with E-state index < -0.39 is 5.92 Å². The number of aryl methyl sites for hydroxylation is 1. The van der Waals surface area contributed by atoms with E-state index in [1.807, 2.05) is 13.0 Å². The summed E-state index contributed by atoms with van der Waals surface area (Å²) < 4.78 is 0. The Morgan fingerprint density at radius 1 is 1.06 bits per heavy atom. The van der Waals surface area contributed by atoms with Gasteiger partial charge in [0.05, 0.1) is 15.6 Å². The molecule has 0 saturated carbocycles. The number of anilines is 1. The molecule has 3 aromatic rings. The first kappa shape index (κ1) is 22.3. The SMILES string of the molecule is Cc1ccc(CSc2nc3c(c(=O)[nH]2)[C@@H](c2ccc(Cl)c(Cl)c2)C2=C(CCCC2=O)N3)cc1. The highest BCUT2D eigenvalue weighted by Gasteiger charge is 2.38. The predicted molar refractivity (Wildman–Crippen MR) is 133 cm³/mol. The van der Waals surface area contributed by atoms with Crippen molar-refractivity contribution in [3.05, 3.63) is 96.4 Å². The molecule has 1 aliphatic heterocycles. The Morgan fingerprint density at radius 3 is 2.61 bits per heavy atom. The fourth-order valence-corrected chi connectivity index (χ4v) is 5.49. The van der Waals surface area contributed by atoms with E-state index in [1.54, 1.807) is 12.1 Å². The maximum Gasteiger partial charge on any atom is 0.257 e. The molecule has 168 valence electrons. The summed E-state index contributed by atoms with van der Waals surface area (Å²) in [6, 6.07) is 13.5. The van der Waals surface area contributed by atoms with Crippen LogP contribution >= 0.6 is 35.0 Å². The standard InChI is InChI=1S/C25H21Cl2N3O2S/c1-13-5-7-14(8-6-13)12-33-25-29-23-22(24(32)30-25)20(15-9-10-16(26)17(27)11-15)21-18(28-23)3-2-4-19(21)31/h5-11,20H,2-4,12H2,1H3,(H2,28,29,30,32)/t20-/m0/s1. The topological polar surface area (TPSA) is 74.8 Å². The number of benzene rings is 2. The zero-order chi connectivity index (χ0) is 23.1. The molecule has 2 aliphatic rings. The first-order valence-corrected chi connectivity index (χ1v) is 12.5. The van der Waals surface area contributed by atoms with Crippen LogP contribution in [-0.2, 0) is 10.5 Å². The lowest BCUT2D eigenvalue weighted by Crippen LogP contribution is -2.32. The summed E-state index contributed by atoms with van der Waals surface area (Å²) in [4.78, 5) is 33.9. The van der Waals surface area contributed by atoms with Gasteiger partial charge in [-0.15, -0.1) is 0 Å². The van der Waals surface area contributed by atoms with Crippen LogP contribution in [-0.4, -0.2) is 15.8 Å². The number of carbonyl (C=O) groups is 1. The normalized spacial score (nSPS) is 17.4. The number of H-pyrrole nitrogens is 1. The maximum absolute atomic E-state index is 13.3. The molecule has 2 aromatic carbocycles. The Labute approximate surface area is 205 Å². The van der Waals surface area contributed by atoms with Gasteiger partial charge in [-0.05, 0) is 43.0 Å². The number of rotatable bonds is 4. The molecule has 1 atom stereocenters. The molecule has 5 nitrogen and oxygen atoms in total. The fraction of sp³-hybridized carbons (Fsp3) is 0.240. The number of aromatic nitrogens is 2. The molecule has 8 heteroatoms. The molecule has 2 N–H and O–H groups in total. The van der Waals surface area contributed by atoms with Gasteiger partial charge in [0.1, 0.15) is 5.82 Å². The average Bonchev–Trinajstić information content (AvgIpc) is 2.79. The van der Waals surface area contributed by atoms with Crippen LogP contribution in [0.3, 0.4) is 0 Å². The third-order valence-corrected chi connectivity index (χ3v) is 7.69. The Kier molecular flexibility index (Phi) is 6.08. The molecular weight excluding hydrogens is 477 g/mol. The lowest BCUT2D eigenvalue weighted by molar-refractivity contribution is -0.116. The van der Waals surface area contributed by atoms with Gasteiger partial charge in [-0.2, -0.15) is 0 Å². The van der Waals surface area contributed by atoms with Crippen LogP contribution in [0.15, 0.2) is 63.7 Å². The van der Waals surface area contributed by atoms with E-state index in [-0.39, 0.29) is 11.3 Å². The van der Waals surface area contributed by atoms with Gasteiger partial charge in [-0.3, -0.25) is 9.59 Å². The van der Waals surface area contributed by atoms with Gasteiger partial charge >= 0.3 is 0 Å². The van der Waals surface area contributed by atoms with Crippen molar-refractivity contribution in [3.63, 3.8) is 0 Å². The summed E-state index contributed by atoms with van der Waals surface area (Å²) in [6.45, 7) is 2.05. The second-order valence-electron chi connectivity index (χ2n) is 8.31. The highest BCUT2D eigenvalue weighted by atomic mass is 35.5. The molecular formula is C25H21Cl2N3O2S. The highest BCUT2D eigenvalue weighted by Crippen LogP contribution is 2.44. The second kappa shape index (κ2) is 9.01. The third-order valence-electron chi connectivity index (χ3n) is 6.01. The number of hydrogen-bond acceptors (Lipinski definition) is 5. The summed E-state index contributed by atoms with van der Waals surface area (Å²) in [5, 5.41) is 4.64. The molecule has 0 fully saturated rings. The quantitative estimate of drug-likeness (QED) is 0.329. The van der Waals surface area contributed by atoms with E-state index in [1.165, 1.54) is 17.3 Å². The van der Waals surface area contributed by atoms with Crippen molar-refractivity contribution in [1.82, 2.24) is 9.97 Å². The molecule has 5 rings (SSSR count). The predicted octanol–water partition coefficient (Wildman–Crippen LogP) is 6.24. The molecule has 2 heterocycles. The van der Waals surface area contributed by atoms with Crippen LogP contribution in [0.2, 0.25) is 10.0 Å². The summed E-state index contributed by atoms with van der Waals surface area (Å²) in [6.07, 6.45) is 1.97. The fourth-order valence-electron chi connectivity index (χ4n) is 4.37. The van der Waals surface area contributed by atoms with E-state index in [9.17, 15) is 9.59 Å². The van der Waals surface area contributed by atoms with Crippen molar-refractivity contribution in [2.45, 2.75) is 43.0 Å². The van der Waals surface area contributed by atoms with E-state index in [2.05, 4.69) is 34.6 Å². The van der Waals surface area contributed by atoms with Crippen molar-refractivity contribution in [3.8, 4) is 0 Å². The van der Waals surface area contributed by atoms with E-state index in [0.29, 0.717) is 44.3 Å². The zero-order valence-corrected chi connectivity index (χ0v) is 20.2. The third kappa shape index (κ3) is 4.35. The van der Waals surface area contributed by atoms with Gasteiger partial charge in [0.15, 0.2) is 10.9 Å². The minimum Gasteiger partial charge on any atom is -0.343 e. The number of aromatic amines is 1. The van der Waals surface area contributed by atoms with E-state index in [4.69, 9.17) is 28.2 Å². The highest BCUT2D eigenvalue weighted by molar-refractivity contribution is 7.98. The number of nitrogens with zero attached hydrogens (tertiary/aromatic N) is 1. The molecule has 0 radical (unpaired) electrons. The number of halogens is 2. The van der Waals surface area contributed by atoms with Crippen molar-refractivity contribution >= 4 is 46.6 Å². The van der Waals surface area contributed by atoms with Crippen LogP contribution in [0.25, 0.3) is 0 Å². The van der Waals surface area contributed by atoms with Gasteiger partial charge in [-0.25, -0.2) is 4.98 Å². The van der Waals surface area contributed by atoms with Crippen LogP contribution in [0.1, 0.15) is 47.4 Å². The summed E-state index contributed by atoms with van der Waals surface area (Å²) in [5.74, 6) is 0.689. The molecule has 0 saturated heterocycles. The minimum absolute atomic E-state index is 0.0442. The van der Waals surface area contributed by atoms with Crippen LogP contribution in [0, 0.1) is 6.92 Å². The molecule has 0 spiro atoms. The molecule has 0 amide bonds. The number of ketones is 1.